The summed E-state index contributed by atoms with van der Waals surface area (Å²) in [5.74, 6) is 1.24. The van der Waals surface area contributed by atoms with Crippen LogP contribution in [0.1, 0.15) is 31.4 Å². The van der Waals surface area contributed by atoms with Crippen LogP contribution in [0.5, 0.6) is 5.75 Å². The van der Waals surface area contributed by atoms with Crippen LogP contribution in [-0.4, -0.2) is 60.1 Å². The normalized spacial score (nSPS) is 18.5. The van der Waals surface area contributed by atoms with E-state index in [2.05, 4.69) is 41.0 Å². The molecule has 1 N–H and O–H groups in total. The summed E-state index contributed by atoms with van der Waals surface area (Å²) >= 11 is 0. The fourth-order valence-electron chi connectivity index (χ4n) is 3.80. The fraction of sp³-hybridized carbons (Fsp3) is 0.417. The minimum atomic E-state index is -0.250. The second kappa shape index (κ2) is 10.3. The van der Waals surface area contributed by atoms with E-state index >= 15 is 0 Å². The molecular weight excluding hydrogens is 380 g/mol. The smallest absolute Gasteiger partial charge is 0.290 e. The molecule has 2 aromatic carbocycles. The Hall–Kier alpha value is -2.86. The second-order valence-corrected chi connectivity index (χ2v) is 8.04. The van der Waals surface area contributed by atoms with Crippen molar-refractivity contribution >= 4 is 12.4 Å². The van der Waals surface area contributed by atoms with Gasteiger partial charge in [-0.05, 0) is 30.5 Å². The van der Waals surface area contributed by atoms with Crippen molar-refractivity contribution in [2.45, 2.75) is 25.8 Å². The average Bonchev–Trinajstić information content (AvgIpc) is 3.54. The lowest BCUT2D eigenvalue weighted by atomic mass is 10.0. The highest BCUT2D eigenvalue weighted by atomic mass is 16.5. The van der Waals surface area contributed by atoms with Gasteiger partial charge in [-0.15, -0.1) is 0 Å². The Bertz CT molecular complexity index is 800. The van der Waals surface area contributed by atoms with Gasteiger partial charge >= 0.3 is 0 Å². The molecule has 0 aromatic heterocycles. The molecule has 0 spiro atoms. The summed E-state index contributed by atoms with van der Waals surface area (Å²) in [5, 5.41) is 6.89. The lowest BCUT2D eigenvalue weighted by Gasteiger charge is -2.40. The highest BCUT2D eigenvalue weighted by Gasteiger charge is 2.47. The number of carbonyl (C=O) groups is 2. The van der Waals surface area contributed by atoms with E-state index in [0.29, 0.717) is 12.5 Å². The molecule has 2 fully saturated rings. The Kier molecular flexibility index (Phi) is 7.46. The maximum absolute atomic E-state index is 12.6. The topological polar surface area (TPSA) is 70.1 Å². The van der Waals surface area contributed by atoms with Crippen LogP contribution in [0.25, 0.3) is 0 Å². The summed E-state index contributed by atoms with van der Waals surface area (Å²) in [7, 11) is 0. The summed E-state index contributed by atoms with van der Waals surface area (Å²) < 4.78 is 6.09. The van der Waals surface area contributed by atoms with Gasteiger partial charge in [-0.1, -0.05) is 55.5 Å². The first kappa shape index (κ1) is 21.8. The lowest BCUT2D eigenvalue weighted by Crippen LogP contribution is -2.52. The molecule has 1 atom stereocenters. The molecule has 1 unspecified atom stereocenters. The maximum atomic E-state index is 12.6. The molecular formula is C24H30N2O4. The molecule has 0 bridgehead atoms. The number of amides is 1. The number of hydrogen-bond donors (Lipinski definition) is 1. The maximum Gasteiger partial charge on any atom is 0.290 e. The number of rotatable bonds is 6. The van der Waals surface area contributed by atoms with Crippen LogP contribution in [0.2, 0.25) is 0 Å². The zero-order valence-corrected chi connectivity index (χ0v) is 17.4. The van der Waals surface area contributed by atoms with Gasteiger partial charge in [0, 0.05) is 31.6 Å². The van der Waals surface area contributed by atoms with E-state index in [9.17, 15) is 4.79 Å². The minimum absolute atomic E-state index is 0.0720. The van der Waals surface area contributed by atoms with Gasteiger partial charge in [-0.25, -0.2) is 0 Å². The van der Waals surface area contributed by atoms with Gasteiger partial charge in [0.05, 0.1) is 6.04 Å². The van der Waals surface area contributed by atoms with Crippen molar-refractivity contribution in [2.75, 3.05) is 32.8 Å². The molecule has 6 heteroatoms. The number of benzene rings is 2. The average molecular weight is 411 g/mol. The number of hydrogen-bond acceptors (Lipinski definition) is 4. The predicted octanol–water partition coefficient (Wildman–Crippen LogP) is 3.45. The van der Waals surface area contributed by atoms with Gasteiger partial charge in [-0.2, -0.15) is 0 Å². The minimum Gasteiger partial charge on any atom is -0.492 e. The molecule has 1 saturated heterocycles. The first-order valence-electron chi connectivity index (χ1n) is 10.4. The van der Waals surface area contributed by atoms with E-state index in [1.807, 2.05) is 36.4 Å². The van der Waals surface area contributed by atoms with Crippen molar-refractivity contribution in [1.29, 1.82) is 0 Å². The predicted molar refractivity (Wildman–Crippen MR) is 115 cm³/mol. The number of nitrogens with zero attached hydrogens (tertiary/aromatic N) is 2. The number of piperazine rings is 1. The standard InChI is InChI=1S/C23H28N2O2.CH2O2/c1-23(12-13-23)22(26)25-16-14-24(15-17-25)21(19-8-4-2-5-9-19)18-27-20-10-6-3-7-11-20;2-1-3/h2-11,21H,12-18H2,1H3;1H,(H,2,3). The molecule has 30 heavy (non-hydrogen) atoms. The molecule has 1 aliphatic carbocycles. The molecule has 0 radical (unpaired) electrons. The van der Waals surface area contributed by atoms with Crippen LogP contribution in [0.15, 0.2) is 60.7 Å². The largest absolute Gasteiger partial charge is 0.492 e. The van der Waals surface area contributed by atoms with Crippen molar-refractivity contribution in [2.24, 2.45) is 5.41 Å². The van der Waals surface area contributed by atoms with Crippen molar-refractivity contribution in [3.63, 3.8) is 0 Å². The van der Waals surface area contributed by atoms with Gasteiger partial charge in [-0.3, -0.25) is 14.5 Å². The van der Waals surface area contributed by atoms with Crippen LogP contribution < -0.4 is 4.74 Å². The molecule has 2 aromatic rings. The van der Waals surface area contributed by atoms with E-state index in [-0.39, 0.29) is 17.9 Å². The van der Waals surface area contributed by atoms with E-state index in [4.69, 9.17) is 14.6 Å². The molecule has 1 saturated carbocycles. The van der Waals surface area contributed by atoms with Crippen LogP contribution in [0.4, 0.5) is 0 Å². The summed E-state index contributed by atoms with van der Waals surface area (Å²) in [6.07, 6.45) is 2.09. The number of carboxylic acid groups (broad SMARTS) is 1. The van der Waals surface area contributed by atoms with Crippen LogP contribution in [0.3, 0.4) is 0 Å². The van der Waals surface area contributed by atoms with Gasteiger partial charge < -0.3 is 14.7 Å². The first-order valence-corrected chi connectivity index (χ1v) is 10.4. The zero-order valence-electron chi connectivity index (χ0n) is 17.4. The molecule has 2 aliphatic rings. The van der Waals surface area contributed by atoms with Crippen molar-refractivity contribution in [1.82, 2.24) is 9.80 Å². The van der Waals surface area contributed by atoms with Gasteiger partial charge in [0.2, 0.25) is 5.91 Å². The molecule has 160 valence electrons. The number of ether oxygens (including phenoxy) is 1. The van der Waals surface area contributed by atoms with Gasteiger partial charge in [0.25, 0.3) is 6.47 Å². The number of carbonyl (C=O) groups excluding carboxylic acids is 1. The van der Waals surface area contributed by atoms with Crippen molar-refractivity contribution in [3.8, 4) is 5.75 Å². The van der Waals surface area contributed by atoms with E-state index in [0.717, 1.165) is 44.8 Å². The number of para-hydroxylation sites is 1. The van der Waals surface area contributed by atoms with Crippen molar-refractivity contribution < 1.29 is 19.4 Å². The van der Waals surface area contributed by atoms with Gasteiger partial charge in [0.1, 0.15) is 12.4 Å². The third-order valence-electron chi connectivity index (χ3n) is 5.89. The van der Waals surface area contributed by atoms with E-state index in [1.165, 1.54) is 5.56 Å². The molecule has 1 heterocycles. The highest BCUT2D eigenvalue weighted by Crippen LogP contribution is 2.46. The summed E-state index contributed by atoms with van der Waals surface area (Å²) in [4.78, 5) is 25.5. The summed E-state index contributed by atoms with van der Waals surface area (Å²) in [6.45, 7) is 5.85. The SMILES string of the molecule is CC1(C(=O)N2CCN(C(COc3ccccc3)c3ccccc3)CC2)CC1.O=CO. The third-order valence-corrected chi connectivity index (χ3v) is 5.89. The molecule has 4 rings (SSSR count). The van der Waals surface area contributed by atoms with Crippen LogP contribution in [-0.2, 0) is 9.59 Å². The molecule has 1 aliphatic heterocycles. The van der Waals surface area contributed by atoms with Crippen molar-refractivity contribution in [3.05, 3.63) is 66.2 Å². The van der Waals surface area contributed by atoms with E-state index in [1.54, 1.807) is 0 Å². The monoisotopic (exact) mass is 410 g/mol. The Morgan fingerprint density at radius 3 is 2.10 bits per heavy atom. The summed E-state index contributed by atoms with van der Waals surface area (Å²) in [6, 6.07) is 20.7. The lowest BCUT2D eigenvalue weighted by molar-refractivity contribution is -0.138. The first-order chi connectivity index (χ1) is 14.6. The Morgan fingerprint density at radius 2 is 1.57 bits per heavy atom. The molecule has 1 amide bonds. The second-order valence-electron chi connectivity index (χ2n) is 8.04. The van der Waals surface area contributed by atoms with Gasteiger partial charge in [0.15, 0.2) is 0 Å². The fourth-order valence-corrected chi connectivity index (χ4v) is 3.80. The van der Waals surface area contributed by atoms with Crippen LogP contribution in [0, 0.1) is 5.41 Å². The van der Waals surface area contributed by atoms with E-state index < -0.39 is 0 Å². The Labute approximate surface area is 178 Å². The Morgan fingerprint density at radius 1 is 1.03 bits per heavy atom. The molecule has 6 nitrogen and oxygen atoms in total. The summed E-state index contributed by atoms with van der Waals surface area (Å²) in [5.41, 5.74) is 1.19. The zero-order chi connectivity index (χ0) is 21.4. The Balaban J connectivity index is 0.000000806. The van der Waals surface area contributed by atoms with Crippen LogP contribution >= 0.6 is 0 Å². The highest BCUT2D eigenvalue weighted by molar-refractivity contribution is 5.85. The quantitative estimate of drug-likeness (QED) is 0.739. The third kappa shape index (κ3) is 5.60.